The highest BCUT2D eigenvalue weighted by Gasteiger charge is 2.36. The van der Waals surface area contributed by atoms with E-state index in [2.05, 4.69) is 16.0 Å². The van der Waals surface area contributed by atoms with Crippen molar-refractivity contribution in [3.05, 3.63) is 82.5 Å². The lowest BCUT2D eigenvalue weighted by Crippen LogP contribution is -2.54. The van der Waals surface area contributed by atoms with Crippen molar-refractivity contribution >= 4 is 33.9 Å². The first-order valence-corrected chi connectivity index (χ1v) is 11.3. The van der Waals surface area contributed by atoms with Gasteiger partial charge in [0.15, 0.2) is 0 Å². The average molecular weight is 472 g/mol. The van der Waals surface area contributed by atoms with Crippen molar-refractivity contribution in [2.75, 3.05) is 24.7 Å². The lowest BCUT2D eigenvalue weighted by atomic mass is 9.89. The van der Waals surface area contributed by atoms with Crippen LogP contribution in [0.1, 0.15) is 16.7 Å². The fourth-order valence-electron chi connectivity index (χ4n) is 4.70. The minimum Gasteiger partial charge on any atom is -0.377 e. The van der Waals surface area contributed by atoms with Crippen LogP contribution in [0.25, 0.3) is 22.0 Å². The Labute approximate surface area is 200 Å². The summed E-state index contributed by atoms with van der Waals surface area (Å²) in [6, 6.07) is 13.3. The van der Waals surface area contributed by atoms with E-state index in [1.165, 1.54) is 6.07 Å². The molecule has 1 saturated heterocycles. The second-order valence-electron chi connectivity index (χ2n) is 8.77. The molecule has 0 saturated carbocycles. The maximum absolute atomic E-state index is 14.1. The van der Waals surface area contributed by atoms with Gasteiger partial charge in [0.2, 0.25) is 0 Å². The number of hydrogen-bond donors (Lipinski definition) is 1. The van der Waals surface area contributed by atoms with E-state index in [9.17, 15) is 9.65 Å². The third-order valence-electron chi connectivity index (χ3n) is 6.61. The van der Waals surface area contributed by atoms with Crippen molar-refractivity contribution in [3.63, 3.8) is 0 Å². The number of benzene rings is 2. The lowest BCUT2D eigenvalue weighted by Gasteiger charge is -2.38. The highest BCUT2D eigenvalue weighted by Crippen LogP contribution is 2.42. The van der Waals surface area contributed by atoms with Gasteiger partial charge in [-0.25, -0.2) is 4.39 Å². The number of fused-ring (bicyclic) bond motifs is 2. The molecule has 0 unspecified atom stereocenters. The van der Waals surface area contributed by atoms with Crippen LogP contribution in [-0.4, -0.2) is 29.7 Å². The van der Waals surface area contributed by atoms with Gasteiger partial charge >= 0.3 is 0 Å². The van der Waals surface area contributed by atoms with E-state index in [1.807, 2.05) is 29.2 Å². The molecule has 4 heterocycles. The Morgan fingerprint density at radius 3 is 2.74 bits per heavy atom. The average Bonchev–Trinajstić information content (AvgIpc) is 3.23. The number of nitrogens with zero attached hydrogens (tertiary/aromatic N) is 4. The van der Waals surface area contributed by atoms with E-state index in [1.54, 1.807) is 24.7 Å². The van der Waals surface area contributed by atoms with Crippen LogP contribution in [0.2, 0.25) is 5.02 Å². The topological polar surface area (TPSA) is 88.1 Å². The van der Waals surface area contributed by atoms with Crippen LogP contribution in [-0.2, 0) is 16.7 Å². The van der Waals surface area contributed by atoms with Crippen LogP contribution < -0.4 is 10.6 Å². The van der Waals surface area contributed by atoms with Crippen molar-refractivity contribution < 1.29 is 9.13 Å². The van der Waals surface area contributed by atoms with Gasteiger partial charge in [0.05, 0.1) is 40.5 Å². The zero-order chi connectivity index (χ0) is 23.4. The molecular formula is C26H19ClFN5O. The number of nitrogens with two attached hydrogens (primary N) is 1. The molecule has 6 nitrogen and oxygen atoms in total. The maximum Gasteiger partial charge on any atom is 0.142 e. The Balaban J connectivity index is 1.52. The summed E-state index contributed by atoms with van der Waals surface area (Å²) in [5.41, 5.74) is 12.3. The second kappa shape index (κ2) is 7.74. The van der Waals surface area contributed by atoms with E-state index in [0.717, 1.165) is 44.5 Å². The zero-order valence-electron chi connectivity index (χ0n) is 18.1. The number of aromatic nitrogens is 2. The molecule has 1 fully saturated rings. The Morgan fingerprint density at radius 1 is 1.12 bits per heavy atom. The summed E-state index contributed by atoms with van der Waals surface area (Å²) in [7, 11) is 0. The summed E-state index contributed by atoms with van der Waals surface area (Å²) < 4.78 is 19.4. The molecule has 2 aliphatic heterocycles. The molecular weight excluding hydrogens is 453 g/mol. The first-order valence-electron chi connectivity index (χ1n) is 10.9. The van der Waals surface area contributed by atoms with Gasteiger partial charge < -0.3 is 15.4 Å². The van der Waals surface area contributed by atoms with E-state index in [4.69, 9.17) is 22.1 Å². The van der Waals surface area contributed by atoms with E-state index in [-0.39, 0.29) is 5.02 Å². The number of hydrogen-bond acceptors (Lipinski definition) is 6. The summed E-state index contributed by atoms with van der Waals surface area (Å²) in [5, 5.41) is 10.8. The molecule has 0 atom stereocenters. The van der Waals surface area contributed by atoms with Gasteiger partial charge in [-0.15, -0.1) is 0 Å². The molecule has 0 amide bonds. The fraction of sp³-hybridized carbons (Fsp3) is 0.192. The molecule has 0 radical (unpaired) electrons. The molecule has 0 bridgehead atoms. The molecule has 2 N–H and O–H groups in total. The predicted octanol–water partition coefficient (Wildman–Crippen LogP) is 4.84. The predicted molar refractivity (Wildman–Crippen MR) is 128 cm³/mol. The first kappa shape index (κ1) is 21.0. The molecule has 0 spiro atoms. The van der Waals surface area contributed by atoms with E-state index < -0.39 is 11.4 Å². The van der Waals surface area contributed by atoms with Crippen LogP contribution in [0.4, 0.5) is 15.8 Å². The number of pyridine rings is 2. The SMILES string of the molecule is N#Cc1cnc2ccc(-c3cncc(C4(N)COC4)c3)cc2c1N1CCc2cc(F)c(Cl)cc21. The van der Waals surface area contributed by atoms with Gasteiger partial charge in [0.25, 0.3) is 0 Å². The summed E-state index contributed by atoms with van der Waals surface area (Å²) in [6.07, 6.45) is 5.81. The molecule has 4 aromatic rings. The number of halogens is 2. The van der Waals surface area contributed by atoms with Gasteiger partial charge in [-0.05, 0) is 53.4 Å². The van der Waals surface area contributed by atoms with Crippen LogP contribution in [0.3, 0.4) is 0 Å². The molecule has 2 aromatic heterocycles. The van der Waals surface area contributed by atoms with E-state index >= 15 is 0 Å². The second-order valence-corrected chi connectivity index (χ2v) is 9.18. The van der Waals surface area contributed by atoms with Crippen molar-refractivity contribution in [1.29, 1.82) is 5.26 Å². The Kier molecular flexibility index (Phi) is 4.78. The quantitative estimate of drug-likeness (QED) is 0.460. The van der Waals surface area contributed by atoms with Crippen molar-refractivity contribution in [1.82, 2.24) is 9.97 Å². The Bertz CT molecular complexity index is 1510. The highest BCUT2D eigenvalue weighted by molar-refractivity contribution is 6.31. The summed E-state index contributed by atoms with van der Waals surface area (Å²) in [5.74, 6) is -0.438. The van der Waals surface area contributed by atoms with Crippen LogP contribution in [0, 0.1) is 17.1 Å². The number of nitriles is 1. The van der Waals surface area contributed by atoms with Gasteiger partial charge in [-0.3, -0.25) is 9.97 Å². The van der Waals surface area contributed by atoms with Gasteiger partial charge in [0.1, 0.15) is 11.9 Å². The molecule has 168 valence electrons. The maximum atomic E-state index is 14.1. The van der Waals surface area contributed by atoms with E-state index in [0.29, 0.717) is 31.7 Å². The number of anilines is 2. The summed E-state index contributed by atoms with van der Waals surface area (Å²) in [4.78, 5) is 10.9. The van der Waals surface area contributed by atoms with Gasteiger partial charge in [0, 0.05) is 41.8 Å². The van der Waals surface area contributed by atoms with Crippen LogP contribution in [0.15, 0.2) is 55.0 Å². The van der Waals surface area contributed by atoms with Gasteiger partial charge in [-0.1, -0.05) is 17.7 Å². The molecule has 0 aliphatic carbocycles. The number of rotatable bonds is 3. The molecule has 6 rings (SSSR count). The summed E-state index contributed by atoms with van der Waals surface area (Å²) >= 11 is 6.11. The highest BCUT2D eigenvalue weighted by atomic mass is 35.5. The Hall–Kier alpha value is -3.57. The molecule has 2 aliphatic rings. The number of ether oxygens (including phenoxy) is 1. The normalized spacial score (nSPS) is 16.2. The van der Waals surface area contributed by atoms with Gasteiger partial charge in [-0.2, -0.15) is 5.26 Å². The lowest BCUT2D eigenvalue weighted by molar-refractivity contribution is -0.0570. The smallest absolute Gasteiger partial charge is 0.142 e. The third-order valence-corrected chi connectivity index (χ3v) is 6.90. The minimum atomic E-state index is -0.519. The fourth-order valence-corrected chi connectivity index (χ4v) is 4.86. The molecule has 8 heteroatoms. The zero-order valence-corrected chi connectivity index (χ0v) is 18.8. The standard InChI is InChI=1S/C26H19ClFN5O/c27-21-8-24-16(7-22(21)28)3-4-33(24)25-18(9-29)11-32-23-2-1-15(6-20(23)25)17-5-19(12-31-10-17)26(30)13-34-14-26/h1-2,5-8,10-12H,3-4,13-14,30H2. The summed E-state index contributed by atoms with van der Waals surface area (Å²) in [6.45, 7) is 1.54. The van der Waals surface area contributed by atoms with Crippen molar-refractivity contribution in [2.45, 2.75) is 12.0 Å². The van der Waals surface area contributed by atoms with Crippen LogP contribution >= 0.6 is 11.6 Å². The van der Waals surface area contributed by atoms with Crippen LogP contribution in [0.5, 0.6) is 0 Å². The molecule has 34 heavy (non-hydrogen) atoms. The largest absolute Gasteiger partial charge is 0.377 e. The minimum absolute atomic E-state index is 0.0572. The molecule has 2 aromatic carbocycles. The third kappa shape index (κ3) is 3.23. The van der Waals surface area contributed by atoms with Crippen molar-refractivity contribution in [2.24, 2.45) is 5.73 Å². The Morgan fingerprint density at radius 2 is 1.97 bits per heavy atom. The first-order chi connectivity index (χ1) is 16.5. The van der Waals surface area contributed by atoms with Crippen molar-refractivity contribution in [3.8, 4) is 17.2 Å². The monoisotopic (exact) mass is 471 g/mol.